The fourth-order valence-electron chi connectivity index (χ4n) is 1.85. The molecule has 1 aromatic rings. The normalized spacial score (nSPS) is 26.7. The van der Waals surface area contributed by atoms with Crippen LogP contribution < -0.4 is 0 Å². The Morgan fingerprint density at radius 3 is 2.57 bits per heavy atom. The Balaban J connectivity index is 2.31. The number of ether oxygens (including phenoxy) is 1. The summed E-state index contributed by atoms with van der Waals surface area (Å²) in [7, 11) is 0. The van der Waals surface area contributed by atoms with Crippen LogP contribution in [-0.4, -0.2) is 24.9 Å². The van der Waals surface area contributed by atoms with Crippen molar-refractivity contribution < 1.29 is 9.84 Å². The van der Waals surface area contributed by atoms with E-state index in [2.05, 4.69) is 28.1 Å². The topological polar surface area (TPSA) is 29.5 Å². The molecule has 0 bridgehead atoms. The van der Waals surface area contributed by atoms with Gasteiger partial charge in [-0.25, -0.2) is 0 Å². The molecule has 0 aromatic heterocycles. The van der Waals surface area contributed by atoms with Crippen molar-refractivity contribution in [2.24, 2.45) is 0 Å². The van der Waals surface area contributed by atoms with Crippen LogP contribution in [0.1, 0.15) is 12.0 Å². The zero-order valence-electron chi connectivity index (χ0n) is 7.87. The third-order valence-corrected chi connectivity index (χ3v) is 3.39. The summed E-state index contributed by atoms with van der Waals surface area (Å²) in [6.45, 7) is 1.54. The van der Waals surface area contributed by atoms with Gasteiger partial charge in [-0.15, -0.1) is 0 Å². The van der Waals surface area contributed by atoms with Gasteiger partial charge < -0.3 is 9.84 Å². The van der Waals surface area contributed by atoms with Gasteiger partial charge in [0, 0.05) is 16.5 Å². The van der Waals surface area contributed by atoms with Gasteiger partial charge >= 0.3 is 0 Å². The van der Waals surface area contributed by atoms with E-state index >= 15 is 0 Å². The van der Waals surface area contributed by atoms with E-state index in [0.29, 0.717) is 6.61 Å². The van der Waals surface area contributed by atoms with Gasteiger partial charge in [-0.3, -0.25) is 0 Å². The number of aliphatic hydroxyl groups excluding tert-OH is 1. The zero-order valence-corrected chi connectivity index (χ0v) is 9.46. The van der Waals surface area contributed by atoms with E-state index < -0.39 is 0 Å². The quantitative estimate of drug-likeness (QED) is 0.879. The van der Waals surface area contributed by atoms with E-state index in [9.17, 15) is 5.11 Å². The van der Waals surface area contributed by atoms with Crippen molar-refractivity contribution in [2.45, 2.75) is 11.8 Å². The zero-order chi connectivity index (χ0) is 10.0. The average molecular weight is 257 g/mol. The molecule has 0 unspecified atom stereocenters. The first kappa shape index (κ1) is 10.1. The predicted molar refractivity (Wildman–Crippen MR) is 58.3 cm³/mol. The smallest absolute Gasteiger partial charge is 0.0585 e. The highest BCUT2D eigenvalue weighted by atomic mass is 79.9. The van der Waals surface area contributed by atoms with Crippen molar-refractivity contribution >= 4 is 15.9 Å². The Morgan fingerprint density at radius 1 is 1.36 bits per heavy atom. The molecule has 14 heavy (non-hydrogen) atoms. The van der Waals surface area contributed by atoms with Crippen LogP contribution in [0.15, 0.2) is 28.7 Å². The number of rotatable bonds is 2. The van der Waals surface area contributed by atoms with Gasteiger partial charge in [0.05, 0.1) is 13.2 Å². The standard InChI is InChI=1S/C11H13BrO2/c12-10-3-1-9(2-4-10)11(7-13)5-6-14-8-11/h1-4,13H,5-8H2/t11-/m0/s1. The molecule has 2 rings (SSSR count). The molecule has 0 amide bonds. The van der Waals surface area contributed by atoms with Gasteiger partial charge in [-0.05, 0) is 24.1 Å². The molecule has 1 aliphatic rings. The first-order chi connectivity index (χ1) is 6.77. The van der Waals surface area contributed by atoms with Gasteiger partial charge in [0.15, 0.2) is 0 Å². The number of hydrogen-bond acceptors (Lipinski definition) is 2. The van der Waals surface area contributed by atoms with E-state index in [0.717, 1.165) is 17.5 Å². The molecule has 2 nitrogen and oxygen atoms in total. The first-order valence-electron chi connectivity index (χ1n) is 4.71. The van der Waals surface area contributed by atoms with Crippen LogP contribution in [0.2, 0.25) is 0 Å². The number of hydrogen-bond donors (Lipinski definition) is 1. The Hall–Kier alpha value is -0.380. The molecule has 1 atom stereocenters. The lowest BCUT2D eigenvalue weighted by atomic mass is 9.81. The predicted octanol–water partition coefficient (Wildman–Crippen LogP) is 2.10. The van der Waals surface area contributed by atoms with Gasteiger partial charge in [-0.2, -0.15) is 0 Å². The number of benzene rings is 1. The number of aliphatic hydroxyl groups is 1. The second kappa shape index (κ2) is 4.01. The maximum Gasteiger partial charge on any atom is 0.0585 e. The van der Waals surface area contributed by atoms with Crippen molar-refractivity contribution in [3.63, 3.8) is 0 Å². The third kappa shape index (κ3) is 1.72. The van der Waals surface area contributed by atoms with Gasteiger partial charge in [0.25, 0.3) is 0 Å². The Labute approximate surface area is 92.0 Å². The second-order valence-corrected chi connectivity index (χ2v) is 4.66. The van der Waals surface area contributed by atoms with Crippen LogP contribution in [0.5, 0.6) is 0 Å². The van der Waals surface area contributed by atoms with Crippen LogP contribution in [0.4, 0.5) is 0 Å². The highest BCUT2D eigenvalue weighted by molar-refractivity contribution is 9.10. The summed E-state index contributed by atoms with van der Waals surface area (Å²) >= 11 is 3.40. The van der Waals surface area contributed by atoms with Crippen molar-refractivity contribution in [3.05, 3.63) is 34.3 Å². The van der Waals surface area contributed by atoms with Crippen LogP contribution in [0.25, 0.3) is 0 Å². The SMILES string of the molecule is OC[C@@]1(c2ccc(Br)cc2)CCOC1. The van der Waals surface area contributed by atoms with Crippen molar-refractivity contribution in [1.82, 2.24) is 0 Å². The summed E-state index contributed by atoms with van der Waals surface area (Å²) in [5.74, 6) is 0. The minimum Gasteiger partial charge on any atom is -0.395 e. The maximum absolute atomic E-state index is 9.45. The molecular weight excluding hydrogens is 244 g/mol. The monoisotopic (exact) mass is 256 g/mol. The molecule has 1 aliphatic heterocycles. The Bertz CT molecular complexity index is 302. The molecule has 1 saturated heterocycles. The highest BCUT2D eigenvalue weighted by Crippen LogP contribution is 2.33. The molecule has 1 fully saturated rings. The van der Waals surface area contributed by atoms with Gasteiger partial charge in [0.2, 0.25) is 0 Å². The molecule has 76 valence electrons. The van der Waals surface area contributed by atoms with E-state index in [1.54, 1.807) is 0 Å². The minimum absolute atomic E-state index is 0.161. The lowest BCUT2D eigenvalue weighted by molar-refractivity contribution is 0.140. The highest BCUT2D eigenvalue weighted by Gasteiger charge is 2.35. The Morgan fingerprint density at radius 2 is 2.07 bits per heavy atom. The van der Waals surface area contributed by atoms with Crippen LogP contribution >= 0.6 is 15.9 Å². The molecule has 0 aliphatic carbocycles. The van der Waals surface area contributed by atoms with Gasteiger partial charge in [0.1, 0.15) is 0 Å². The van der Waals surface area contributed by atoms with Crippen molar-refractivity contribution in [2.75, 3.05) is 19.8 Å². The van der Waals surface area contributed by atoms with Crippen molar-refractivity contribution in [1.29, 1.82) is 0 Å². The van der Waals surface area contributed by atoms with Gasteiger partial charge in [-0.1, -0.05) is 28.1 Å². The molecule has 0 spiro atoms. The first-order valence-corrected chi connectivity index (χ1v) is 5.51. The Kier molecular flexibility index (Phi) is 2.91. The fourth-order valence-corrected chi connectivity index (χ4v) is 2.12. The lowest BCUT2D eigenvalue weighted by Crippen LogP contribution is -2.30. The molecule has 0 radical (unpaired) electrons. The van der Waals surface area contributed by atoms with E-state index in [1.807, 2.05) is 12.1 Å². The summed E-state index contributed by atoms with van der Waals surface area (Å²) in [5.41, 5.74) is 1.00. The van der Waals surface area contributed by atoms with Crippen molar-refractivity contribution in [3.8, 4) is 0 Å². The summed E-state index contributed by atoms with van der Waals surface area (Å²) in [6, 6.07) is 8.11. The summed E-state index contributed by atoms with van der Waals surface area (Å²) < 4.78 is 6.43. The third-order valence-electron chi connectivity index (χ3n) is 2.86. The summed E-state index contributed by atoms with van der Waals surface area (Å²) in [6.07, 6.45) is 0.908. The fraction of sp³-hybridized carbons (Fsp3) is 0.455. The second-order valence-electron chi connectivity index (χ2n) is 3.75. The molecule has 1 heterocycles. The lowest BCUT2D eigenvalue weighted by Gasteiger charge is -2.25. The largest absolute Gasteiger partial charge is 0.395 e. The van der Waals surface area contributed by atoms with Crippen LogP contribution in [0, 0.1) is 0 Å². The van der Waals surface area contributed by atoms with E-state index in [4.69, 9.17) is 4.74 Å². The molecule has 1 aromatic carbocycles. The molecule has 0 saturated carbocycles. The van der Waals surface area contributed by atoms with E-state index in [-0.39, 0.29) is 12.0 Å². The average Bonchev–Trinajstić information content (AvgIpc) is 2.68. The summed E-state index contributed by atoms with van der Waals surface area (Å²) in [4.78, 5) is 0. The van der Waals surface area contributed by atoms with Crippen LogP contribution in [-0.2, 0) is 10.2 Å². The van der Waals surface area contributed by atoms with E-state index in [1.165, 1.54) is 5.56 Å². The molecule has 1 N–H and O–H groups in total. The summed E-state index contributed by atoms with van der Waals surface area (Å²) in [5, 5.41) is 9.45. The molecular formula is C11H13BrO2. The number of halogens is 1. The maximum atomic E-state index is 9.45. The minimum atomic E-state index is -0.166. The van der Waals surface area contributed by atoms with Crippen LogP contribution in [0.3, 0.4) is 0 Å². The molecule has 3 heteroatoms.